The largest absolute Gasteiger partial charge is 0.390 e. The second-order valence-electron chi connectivity index (χ2n) is 5.94. The molecular weight excluding hydrogens is 348 g/mol. The van der Waals surface area contributed by atoms with E-state index >= 15 is 0 Å². The van der Waals surface area contributed by atoms with E-state index in [1.165, 1.54) is 0 Å². The van der Waals surface area contributed by atoms with Crippen molar-refractivity contribution < 1.29 is 13.2 Å². The number of nitrogens with one attached hydrogen (secondary N) is 1. The molecule has 1 aliphatic heterocycles. The van der Waals surface area contributed by atoms with Crippen LogP contribution in [0.5, 0.6) is 0 Å². The third-order valence-electron chi connectivity index (χ3n) is 4.01. The molecule has 0 bridgehead atoms. The smallest absolute Gasteiger partial charge is 0.314 e. The highest BCUT2D eigenvalue weighted by molar-refractivity contribution is 5.85. The van der Waals surface area contributed by atoms with Crippen LogP contribution in [0.2, 0.25) is 0 Å². The lowest BCUT2D eigenvalue weighted by Gasteiger charge is -2.35. The van der Waals surface area contributed by atoms with Crippen molar-refractivity contribution in [1.29, 1.82) is 0 Å². The van der Waals surface area contributed by atoms with Crippen LogP contribution in [0.25, 0.3) is 0 Å². The Morgan fingerprint density at radius 1 is 1.00 bits per heavy atom. The van der Waals surface area contributed by atoms with Crippen LogP contribution in [0.1, 0.15) is 43.4 Å². The highest BCUT2D eigenvalue weighted by Crippen LogP contribution is 2.34. The molecule has 2 rings (SSSR count). The number of hydrogen-bond donors (Lipinski definition) is 1. The minimum absolute atomic E-state index is 0. The fraction of sp³-hybridized carbons (Fsp3) is 0.625. The van der Waals surface area contributed by atoms with Crippen LogP contribution in [0.4, 0.5) is 13.2 Å². The molecule has 1 heterocycles. The number of alkyl halides is 3. The second-order valence-corrected chi connectivity index (χ2v) is 5.94. The van der Waals surface area contributed by atoms with E-state index in [0.29, 0.717) is 19.0 Å². The van der Waals surface area contributed by atoms with Gasteiger partial charge in [-0.3, -0.25) is 4.90 Å². The molecule has 1 N–H and O–H groups in total. The molecule has 1 aromatic carbocycles. The molecule has 1 saturated heterocycles. The fourth-order valence-electron chi connectivity index (χ4n) is 2.77. The summed E-state index contributed by atoms with van der Waals surface area (Å²) in [7, 11) is 0. The first kappa shape index (κ1) is 22.5. The van der Waals surface area contributed by atoms with Crippen molar-refractivity contribution in [3.63, 3.8) is 0 Å². The van der Waals surface area contributed by atoms with Gasteiger partial charge in [-0.15, -0.1) is 24.8 Å². The molecule has 0 radical (unpaired) electrons. The summed E-state index contributed by atoms with van der Waals surface area (Å²) in [6, 6.07) is 7.03. The number of rotatable bonds is 4. The lowest BCUT2D eigenvalue weighted by Crippen LogP contribution is -2.46. The molecule has 0 aromatic heterocycles. The van der Waals surface area contributed by atoms with Crippen LogP contribution in [0.3, 0.4) is 0 Å². The highest BCUT2D eigenvalue weighted by atomic mass is 35.5. The molecule has 2 nitrogen and oxygen atoms in total. The average Bonchev–Trinajstić information content (AvgIpc) is 2.45. The maximum absolute atomic E-state index is 12.9. The Balaban J connectivity index is 0.00000242. The monoisotopic (exact) mass is 372 g/mol. The summed E-state index contributed by atoms with van der Waals surface area (Å²) in [5.74, 6) is 0.388. The van der Waals surface area contributed by atoms with Gasteiger partial charge in [-0.05, 0) is 17.0 Å². The van der Waals surface area contributed by atoms with E-state index in [1.807, 2.05) is 29.2 Å². The number of piperazine rings is 1. The summed E-state index contributed by atoms with van der Waals surface area (Å²) in [6.45, 7) is 6.98. The maximum Gasteiger partial charge on any atom is 0.390 e. The third-order valence-corrected chi connectivity index (χ3v) is 4.01. The van der Waals surface area contributed by atoms with Crippen LogP contribution in [-0.4, -0.2) is 37.3 Å². The van der Waals surface area contributed by atoms with E-state index < -0.39 is 18.6 Å². The Hall–Kier alpha value is -0.490. The zero-order valence-corrected chi connectivity index (χ0v) is 15.0. The standard InChI is InChI=1S/C16H23F3N2.2ClH/c1-12(2)13-3-5-14(6-4-13)15(11-16(17,18)19)21-9-7-20-8-10-21;;/h3-6,12,15,20H,7-11H2,1-2H3;2*1H/t15-;;/m1../s1. The summed E-state index contributed by atoms with van der Waals surface area (Å²) in [5.41, 5.74) is 1.92. The molecule has 1 aliphatic rings. The lowest BCUT2D eigenvalue weighted by molar-refractivity contribution is -0.148. The first-order chi connectivity index (χ1) is 9.87. The predicted octanol–water partition coefficient (Wildman–Crippen LogP) is 4.55. The maximum atomic E-state index is 12.9. The summed E-state index contributed by atoms with van der Waals surface area (Å²) in [6.07, 6.45) is -4.93. The quantitative estimate of drug-likeness (QED) is 0.833. The Labute approximate surface area is 148 Å². The predicted molar refractivity (Wildman–Crippen MR) is 92.9 cm³/mol. The van der Waals surface area contributed by atoms with Gasteiger partial charge in [0.2, 0.25) is 0 Å². The van der Waals surface area contributed by atoms with E-state index in [9.17, 15) is 13.2 Å². The minimum atomic E-state index is -4.15. The minimum Gasteiger partial charge on any atom is -0.314 e. The first-order valence-corrected chi connectivity index (χ1v) is 7.48. The van der Waals surface area contributed by atoms with E-state index in [2.05, 4.69) is 19.2 Å². The van der Waals surface area contributed by atoms with E-state index in [0.717, 1.165) is 24.2 Å². The molecule has 1 aromatic rings. The van der Waals surface area contributed by atoms with Gasteiger partial charge in [-0.25, -0.2) is 0 Å². The molecule has 0 saturated carbocycles. The summed E-state index contributed by atoms with van der Waals surface area (Å²) < 4.78 is 38.7. The first-order valence-electron chi connectivity index (χ1n) is 7.48. The number of hydrogen-bond acceptors (Lipinski definition) is 2. The number of halogens is 5. The second kappa shape index (κ2) is 9.72. The van der Waals surface area contributed by atoms with Gasteiger partial charge in [-0.2, -0.15) is 13.2 Å². The van der Waals surface area contributed by atoms with Gasteiger partial charge in [0.15, 0.2) is 0 Å². The SMILES string of the molecule is CC(C)c1ccc([C@@H](CC(F)(F)F)N2CCNCC2)cc1.Cl.Cl. The summed E-state index contributed by atoms with van der Waals surface area (Å²) in [4.78, 5) is 1.94. The zero-order valence-electron chi connectivity index (χ0n) is 13.4. The molecule has 1 fully saturated rings. The van der Waals surface area contributed by atoms with Gasteiger partial charge in [0.05, 0.1) is 6.42 Å². The van der Waals surface area contributed by atoms with Crippen LogP contribution >= 0.6 is 24.8 Å². The fourth-order valence-corrected chi connectivity index (χ4v) is 2.77. The van der Waals surface area contributed by atoms with Crippen LogP contribution in [0.15, 0.2) is 24.3 Å². The Kier molecular flexibility index (Phi) is 9.51. The van der Waals surface area contributed by atoms with E-state index in [-0.39, 0.29) is 24.8 Å². The summed E-state index contributed by atoms with van der Waals surface area (Å²) in [5, 5.41) is 3.19. The van der Waals surface area contributed by atoms with Gasteiger partial charge < -0.3 is 5.32 Å². The Morgan fingerprint density at radius 3 is 1.91 bits per heavy atom. The topological polar surface area (TPSA) is 15.3 Å². The van der Waals surface area contributed by atoms with Crippen molar-refractivity contribution in [2.75, 3.05) is 26.2 Å². The van der Waals surface area contributed by atoms with E-state index in [1.54, 1.807) is 0 Å². The van der Waals surface area contributed by atoms with Crippen LogP contribution < -0.4 is 5.32 Å². The molecule has 23 heavy (non-hydrogen) atoms. The number of nitrogens with zero attached hydrogens (tertiary/aromatic N) is 1. The lowest BCUT2D eigenvalue weighted by atomic mass is 9.96. The van der Waals surface area contributed by atoms with Gasteiger partial charge in [0, 0.05) is 32.2 Å². The van der Waals surface area contributed by atoms with Crippen molar-refractivity contribution in [3.05, 3.63) is 35.4 Å². The molecule has 1 atom stereocenters. The number of benzene rings is 1. The van der Waals surface area contributed by atoms with Crippen molar-refractivity contribution in [3.8, 4) is 0 Å². The molecule has 0 amide bonds. The molecule has 134 valence electrons. The van der Waals surface area contributed by atoms with Gasteiger partial charge >= 0.3 is 6.18 Å². The molecule has 7 heteroatoms. The zero-order chi connectivity index (χ0) is 15.5. The van der Waals surface area contributed by atoms with Gasteiger partial charge in [0.1, 0.15) is 0 Å². The normalized spacial score (nSPS) is 17.3. The van der Waals surface area contributed by atoms with Gasteiger partial charge in [-0.1, -0.05) is 38.1 Å². The highest BCUT2D eigenvalue weighted by Gasteiger charge is 2.35. The van der Waals surface area contributed by atoms with Gasteiger partial charge in [0.25, 0.3) is 0 Å². The average molecular weight is 373 g/mol. The molecule has 0 aliphatic carbocycles. The Morgan fingerprint density at radius 2 is 1.48 bits per heavy atom. The molecular formula is C16H25Cl2F3N2. The Bertz CT molecular complexity index is 444. The van der Waals surface area contributed by atoms with Crippen molar-refractivity contribution in [1.82, 2.24) is 10.2 Å². The van der Waals surface area contributed by atoms with Crippen molar-refractivity contribution in [2.24, 2.45) is 0 Å². The molecule has 0 unspecified atom stereocenters. The molecule has 0 spiro atoms. The van der Waals surface area contributed by atoms with E-state index in [4.69, 9.17) is 0 Å². The van der Waals surface area contributed by atoms with Crippen molar-refractivity contribution >= 4 is 24.8 Å². The third kappa shape index (κ3) is 6.87. The van der Waals surface area contributed by atoms with Crippen LogP contribution in [0, 0.1) is 0 Å². The summed E-state index contributed by atoms with van der Waals surface area (Å²) >= 11 is 0. The van der Waals surface area contributed by atoms with Crippen molar-refractivity contribution in [2.45, 2.75) is 38.4 Å². The van der Waals surface area contributed by atoms with Crippen LogP contribution in [-0.2, 0) is 0 Å².